The van der Waals surface area contributed by atoms with E-state index < -0.39 is 7.87 Å². The highest BCUT2D eigenvalue weighted by atomic mass is 35.6. The Kier molecular flexibility index (Phi) is 7.54. The minimum Gasteiger partial charge on any atom is -0.489 e. The van der Waals surface area contributed by atoms with Crippen molar-refractivity contribution in [3.05, 3.63) is 0 Å². The fourth-order valence-corrected chi connectivity index (χ4v) is 2.78. The predicted octanol–water partition coefficient (Wildman–Crippen LogP) is 3.46. The summed E-state index contributed by atoms with van der Waals surface area (Å²) < 4.78 is 10.9. The third-order valence-electron chi connectivity index (χ3n) is 1.44. The van der Waals surface area contributed by atoms with Crippen LogP contribution in [0.1, 0.15) is 41.5 Å². The zero-order valence-electron chi connectivity index (χ0n) is 12.5. The molecule has 0 aromatic rings. The summed E-state index contributed by atoms with van der Waals surface area (Å²) in [6.07, 6.45) is 0. The molecule has 0 N–H and O–H groups in total. The fraction of sp³-hybridized carbons (Fsp3) is 0.636. The minimum atomic E-state index is -2.90. The van der Waals surface area contributed by atoms with Crippen molar-refractivity contribution in [1.29, 1.82) is 0 Å². The Morgan fingerprint density at radius 2 is 1.05 bits per heavy atom. The van der Waals surface area contributed by atoms with Crippen LogP contribution in [0.25, 0.3) is 0 Å². The van der Waals surface area contributed by atoms with E-state index in [2.05, 4.69) is 20.4 Å². The third kappa shape index (κ3) is 10.4. The Morgan fingerprint density at radius 3 is 1.32 bits per heavy atom. The SMILES string of the molecule is CC(C)=N/N=C(\C)O[Si](C)(Cl)O/C(C)=N/N=C(C)C. The molecule has 0 spiro atoms. The summed E-state index contributed by atoms with van der Waals surface area (Å²) in [5, 5.41) is 15.5. The fourth-order valence-electron chi connectivity index (χ4n) is 0.930. The van der Waals surface area contributed by atoms with Crippen molar-refractivity contribution in [3.8, 4) is 0 Å². The van der Waals surface area contributed by atoms with Crippen LogP contribution in [0.2, 0.25) is 6.55 Å². The van der Waals surface area contributed by atoms with Crippen molar-refractivity contribution in [1.82, 2.24) is 0 Å². The second-order valence-electron chi connectivity index (χ2n) is 4.37. The van der Waals surface area contributed by atoms with Gasteiger partial charge in [-0.25, -0.2) is 0 Å². The minimum absolute atomic E-state index is 0.355. The predicted molar refractivity (Wildman–Crippen MR) is 83.4 cm³/mol. The molecule has 0 aliphatic heterocycles. The van der Waals surface area contributed by atoms with E-state index in [0.29, 0.717) is 11.8 Å². The number of hydrogen-bond acceptors (Lipinski definition) is 6. The molecule has 0 radical (unpaired) electrons. The molecule has 19 heavy (non-hydrogen) atoms. The van der Waals surface area contributed by atoms with Crippen LogP contribution in [-0.4, -0.2) is 31.1 Å². The lowest BCUT2D eigenvalue weighted by atomic mass is 10.5. The average molecular weight is 305 g/mol. The second kappa shape index (κ2) is 8.06. The van der Waals surface area contributed by atoms with E-state index in [-0.39, 0.29) is 0 Å². The summed E-state index contributed by atoms with van der Waals surface area (Å²) in [5.74, 6) is 0.710. The monoisotopic (exact) mass is 304 g/mol. The van der Waals surface area contributed by atoms with Gasteiger partial charge in [-0.3, -0.25) is 0 Å². The van der Waals surface area contributed by atoms with Gasteiger partial charge in [0.25, 0.3) is 0 Å². The Balaban J connectivity index is 4.64. The van der Waals surface area contributed by atoms with Gasteiger partial charge in [-0.05, 0) is 27.7 Å². The summed E-state index contributed by atoms with van der Waals surface area (Å²) in [5.41, 5.74) is 1.65. The van der Waals surface area contributed by atoms with Crippen LogP contribution in [0, 0.1) is 0 Å². The van der Waals surface area contributed by atoms with Crippen molar-refractivity contribution in [2.45, 2.75) is 48.1 Å². The Bertz CT molecular complexity index is 384. The molecule has 0 fully saturated rings. The number of nitrogens with zero attached hydrogens (tertiary/aromatic N) is 4. The molecule has 8 heteroatoms. The van der Waals surface area contributed by atoms with E-state index in [1.54, 1.807) is 20.4 Å². The highest BCUT2D eigenvalue weighted by molar-refractivity contribution is 7.13. The molecule has 0 heterocycles. The zero-order chi connectivity index (χ0) is 15.1. The van der Waals surface area contributed by atoms with E-state index in [9.17, 15) is 0 Å². The number of halogens is 1. The van der Waals surface area contributed by atoms with Gasteiger partial charge >= 0.3 is 7.87 Å². The highest BCUT2D eigenvalue weighted by Crippen LogP contribution is 2.14. The van der Waals surface area contributed by atoms with Gasteiger partial charge in [-0.2, -0.15) is 10.2 Å². The van der Waals surface area contributed by atoms with Crippen LogP contribution in [0.4, 0.5) is 0 Å². The molecule has 108 valence electrons. The zero-order valence-corrected chi connectivity index (χ0v) is 14.2. The first-order valence-corrected chi connectivity index (χ1v) is 9.13. The summed E-state index contributed by atoms with van der Waals surface area (Å²) in [4.78, 5) is 0. The number of rotatable bonds is 4. The Morgan fingerprint density at radius 1 is 0.737 bits per heavy atom. The molecule has 0 atom stereocenters. The van der Waals surface area contributed by atoms with E-state index in [0.717, 1.165) is 11.4 Å². The highest BCUT2D eigenvalue weighted by Gasteiger charge is 2.35. The first-order valence-electron chi connectivity index (χ1n) is 5.80. The van der Waals surface area contributed by atoms with E-state index in [1.165, 1.54) is 0 Å². The van der Waals surface area contributed by atoms with Gasteiger partial charge in [0.05, 0.1) is 0 Å². The molecule has 0 rings (SSSR count). The van der Waals surface area contributed by atoms with Crippen LogP contribution in [0.15, 0.2) is 20.4 Å². The second-order valence-corrected chi connectivity index (χ2v) is 8.51. The molecule has 0 unspecified atom stereocenters. The number of hydrogen-bond donors (Lipinski definition) is 0. The van der Waals surface area contributed by atoms with Crippen molar-refractivity contribution in [2.75, 3.05) is 0 Å². The van der Waals surface area contributed by atoms with Crippen molar-refractivity contribution < 1.29 is 8.85 Å². The van der Waals surface area contributed by atoms with Gasteiger partial charge in [0.2, 0.25) is 0 Å². The lowest BCUT2D eigenvalue weighted by molar-refractivity contribution is 0.401. The molecule has 0 amide bonds. The molecule has 0 aliphatic rings. The van der Waals surface area contributed by atoms with Gasteiger partial charge < -0.3 is 8.85 Å². The van der Waals surface area contributed by atoms with E-state index >= 15 is 0 Å². The molecule has 0 bridgehead atoms. The lowest BCUT2D eigenvalue weighted by Gasteiger charge is -2.20. The standard InChI is InChI=1S/C11H21ClN4O2Si/c1-8(2)13-15-10(5)17-19(7,12)18-11(6)16-14-9(3)4/h1-7H3/b15-10+,16-11+. The van der Waals surface area contributed by atoms with Crippen LogP contribution in [-0.2, 0) is 8.85 Å². The summed E-state index contributed by atoms with van der Waals surface area (Å²) in [6, 6.07) is 0. The van der Waals surface area contributed by atoms with Crippen molar-refractivity contribution >= 4 is 42.2 Å². The maximum Gasteiger partial charge on any atom is 0.567 e. The molecular formula is C11H21ClN4O2Si. The molecule has 0 aromatic heterocycles. The molecule has 0 aromatic carbocycles. The molecule has 0 saturated carbocycles. The van der Waals surface area contributed by atoms with Crippen molar-refractivity contribution in [3.63, 3.8) is 0 Å². The first-order chi connectivity index (χ1) is 8.62. The topological polar surface area (TPSA) is 67.9 Å². The van der Waals surface area contributed by atoms with E-state index in [1.807, 2.05) is 27.7 Å². The van der Waals surface area contributed by atoms with Crippen LogP contribution in [0.3, 0.4) is 0 Å². The first kappa shape index (κ1) is 17.8. The van der Waals surface area contributed by atoms with Crippen LogP contribution in [0.5, 0.6) is 0 Å². The van der Waals surface area contributed by atoms with Gasteiger partial charge in [0.15, 0.2) is 11.8 Å². The van der Waals surface area contributed by atoms with Gasteiger partial charge in [0.1, 0.15) is 0 Å². The van der Waals surface area contributed by atoms with Gasteiger partial charge in [-0.1, -0.05) is 11.1 Å². The molecule has 0 saturated heterocycles. The van der Waals surface area contributed by atoms with Crippen molar-refractivity contribution in [2.24, 2.45) is 20.4 Å². The lowest BCUT2D eigenvalue weighted by Crippen LogP contribution is -2.35. The third-order valence-corrected chi connectivity index (χ3v) is 3.22. The average Bonchev–Trinajstić information content (AvgIpc) is 2.22. The summed E-state index contributed by atoms with van der Waals surface area (Å²) in [6.45, 7) is 12.4. The summed E-state index contributed by atoms with van der Waals surface area (Å²) in [7, 11) is -2.90. The maximum absolute atomic E-state index is 6.19. The van der Waals surface area contributed by atoms with E-state index in [4.69, 9.17) is 19.9 Å². The smallest absolute Gasteiger partial charge is 0.489 e. The Labute approximate surface area is 120 Å². The van der Waals surface area contributed by atoms with Gasteiger partial charge in [0, 0.05) is 31.8 Å². The quantitative estimate of drug-likeness (QED) is 0.262. The maximum atomic E-state index is 6.19. The Hall–Kier alpha value is -1.21. The molecular weight excluding hydrogens is 284 g/mol. The normalized spacial score (nSPS) is 15.4. The molecule has 6 nitrogen and oxygen atoms in total. The van der Waals surface area contributed by atoms with Crippen LogP contribution >= 0.6 is 11.1 Å². The van der Waals surface area contributed by atoms with Crippen LogP contribution < -0.4 is 0 Å². The summed E-state index contributed by atoms with van der Waals surface area (Å²) >= 11 is 6.19. The van der Waals surface area contributed by atoms with Gasteiger partial charge in [-0.15, -0.1) is 10.2 Å². The molecule has 0 aliphatic carbocycles. The largest absolute Gasteiger partial charge is 0.567 e.